The summed E-state index contributed by atoms with van der Waals surface area (Å²) in [5.41, 5.74) is 0.278. The molecular formula is C26H41N3O2. The number of allylic oxidation sites excluding steroid dienone is 1. The highest BCUT2D eigenvalue weighted by Crippen LogP contribution is 2.65. The molecule has 4 aliphatic carbocycles. The summed E-state index contributed by atoms with van der Waals surface area (Å²) in [5, 5.41) is 23.8. The fraction of sp³-hybridized carbons (Fsp3) is 0.846. The second kappa shape index (κ2) is 8.87. The molecule has 0 heterocycles. The second-order valence-corrected chi connectivity index (χ2v) is 11.3. The van der Waals surface area contributed by atoms with E-state index in [1.807, 2.05) is 0 Å². The van der Waals surface area contributed by atoms with E-state index in [1.54, 1.807) is 7.11 Å². The molecule has 172 valence electrons. The lowest BCUT2D eigenvalue weighted by Crippen LogP contribution is -2.53. The van der Waals surface area contributed by atoms with Crippen molar-refractivity contribution >= 4 is 6.72 Å². The van der Waals surface area contributed by atoms with Gasteiger partial charge in [0, 0.05) is 13.2 Å². The molecule has 0 radical (unpaired) electrons. The summed E-state index contributed by atoms with van der Waals surface area (Å²) in [4.78, 5) is 3.78. The zero-order valence-corrected chi connectivity index (χ0v) is 19.6. The first-order chi connectivity index (χ1) is 14.8. The Kier molecular flexibility index (Phi) is 6.52. The van der Waals surface area contributed by atoms with E-state index in [1.165, 1.54) is 51.1 Å². The van der Waals surface area contributed by atoms with Crippen molar-refractivity contribution < 1.29 is 9.84 Å². The third-order valence-electron chi connectivity index (χ3n) is 9.92. The van der Waals surface area contributed by atoms with Gasteiger partial charge in [-0.1, -0.05) is 6.92 Å². The van der Waals surface area contributed by atoms with Gasteiger partial charge in [0.15, 0.2) is 0 Å². The van der Waals surface area contributed by atoms with E-state index in [2.05, 4.69) is 36.9 Å². The molecule has 0 saturated heterocycles. The topological polar surface area (TPSA) is 77.6 Å². The Labute approximate surface area is 188 Å². The number of rotatable bonds is 6. The fourth-order valence-corrected chi connectivity index (χ4v) is 8.76. The Morgan fingerprint density at radius 1 is 1.23 bits per heavy atom. The minimum absolute atomic E-state index is 0.272. The van der Waals surface area contributed by atoms with Gasteiger partial charge in [0.1, 0.15) is 11.8 Å². The Hall–Kier alpha value is -1.38. The van der Waals surface area contributed by atoms with Crippen LogP contribution in [-0.2, 0) is 4.74 Å². The number of aliphatic hydroxyl groups is 1. The maximum Gasteiger partial charge on any atom is 0.132 e. The number of nitrogens with one attached hydrogen (secondary N) is 1. The molecule has 4 fully saturated rings. The molecule has 4 aliphatic rings. The number of ether oxygens (including phenoxy) is 1. The van der Waals surface area contributed by atoms with Gasteiger partial charge in [-0.15, -0.1) is 0 Å². The lowest BCUT2D eigenvalue weighted by Gasteiger charge is -2.57. The van der Waals surface area contributed by atoms with Crippen LogP contribution in [0.5, 0.6) is 0 Å². The van der Waals surface area contributed by atoms with Crippen LogP contribution in [0, 0.1) is 52.3 Å². The van der Waals surface area contributed by atoms with Crippen LogP contribution in [0.25, 0.3) is 0 Å². The van der Waals surface area contributed by atoms with Crippen molar-refractivity contribution in [1.82, 2.24) is 5.32 Å². The molecule has 9 atom stereocenters. The first kappa shape index (κ1) is 22.8. The van der Waals surface area contributed by atoms with Crippen molar-refractivity contribution in [3.05, 3.63) is 11.9 Å². The number of nitrogens with zero attached hydrogens (tertiary/aromatic N) is 2. The van der Waals surface area contributed by atoms with Gasteiger partial charge in [-0.05, 0) is 112 Å². The average Bonchev–Trinajstić information content (AvgIpc) is 3.10. The minimum Gasteiger partial charge on any atom is -0.387 e. The first-order valence-corrected chi connectivity index (χ1v) is 12.4. The lowest BCUT2D eigenvalue weighted by molar-refractivity contribution is -0.125. The van der Waals surface area contributed by atoms with E-state index in [0.29, 0.717) is 29.6 Å². The van der Waals surface area contributed by atoms with Gasteiger partial charge in [-0.25, -0.2) is 0 Å². The average molecular weight is 428 g/mol. The smallest absolute Gasteiger partial charge is 0.132 e. The zero-order valence-electron chi connectivity index (χ0n) is 19.6. The number of nitriles is 1. The van der Waals surface area contributed by atoms with E-state index in [0.717, 1.165) is 36.5 Å². The second-order valence-electron chi connectivity index (χ2n) is 11.3. The molecule has 0 spiro atoms. The van der Waals surface area contributed by atoms with E-state index in [-0.39, 0.29) is 6.04 Å². The Bertz CT molecular complexity index is 745. The summed E-state index contributed by atoms with van der Waals surface area (Å²) >= 11 is 0. The summed E-state index contributed by atoms with van der Waals surface area (Å²) in [7, 11) is 1.71. The van der Waals surface area contributed by atoms with Crippen LogP contribution < -0.4 is 5.32 Å². The first-order valence-electron chi connectivity index (χ1n) is 12.4. The number of hydrogen-bond donors (Lipinski definition) is 2. The normalized spacial score (nSPS) is 45.6. The lowest BCUT2D eigenvalue weighted by atomic mass is 9.48. The van der Waals surface area contributed by atoms with Gasteiger partial charge in [0.25, 0.3) is 0 Å². The Morgan fingerprint density at radius 2 is 2.00 bits per heavy atom. The monoisotopic (exact) mass is 427 g/mol. The molecule has 5 heteroatoms. The number of methoxy groups -OCH3 is 1. The molecule has 0 unspecified atom stereocenters. The number of fused-ring (bicyclic) bond motifs is 5. The van der Waals surface area contributed by atoms with Crippen LogP contribution in [0.2, 0.25) is 0 Å². The molecular weight excluding hydrogens is 386 g/mol. The van der Waals surface area contributed by atoms with Gasteiger partial charge < -0.3 is 15.2 Å². The van der Waals surface area contributed by atoms with Crippen molar-refractivity contribution in [3.8, 4) is 6.07 Å². The maximum absolute atomic E-state index is 11.0. The van der Waals surface area contributed by atoms with Crippen LogP contribution in [0.3, 0.4) is 0 Å². The summed E-state index contributed by atoms with van der Waals surface area (Å²) in [6.07, 6.45) is 12.3. The summed E-state index contributed by atoms with van der Waals surface area (Å²) in [6.45, 7) is 8.75. The molecule has 0 amide bonds. The summed E-state index contributed by atoms with van der Waals surface area (Å²) in [6, 6.07) is 2.49. The quantitative estimate of drug-likeness (QED) is 0.477. The van der Waals surface area contributed by atoms with Crippen molar-refractivity contribution in [3.63, 3.8) is 0 Å². The molecule has 0 aromatic carbocycles. The molecule has 4 rings (SSSR count). The van der Waals surface area contributed by atoms with Gasteiger partial charge in [0.05, 0.1) is 18.4 Å². The largest absolute Gasteiger partial charge is 0.387 e. The number of hydrogen-bond acceptors (Lipinski definition) is 5. The van der Waals surface area contributed by atoms with Gasteiger partial charge in [-0.3, -0.25) is 4.99 Å². The van der Waals surface area contributed by atoms with E-state index in [4.69, 9.17) is 4.74 Å². The Balaban J connectivity index is 1.46. The predicted octanol–water partition coefficient (Wildman–Crippen LogP) is 4.68. The fourth-order valence-electron chi connectivity index (χ4n) is 8.76. The standard InChI is InChI=1S/C26H41N3O2/c1-17(29-19(14-27)15-28-3)23-7-8-24-22-6-5-18-13-26(30,16-31-4)12-10-20(18)21(22)9-11-25(23,24)2/h15,17-18,20-24,29-30H,3,5-13,16H2,1-2,4H3/b19-15-/t17-,18-,20+,21-,22-,23-,24+,25-,26-/m1/s1. The third-order valence-corrected chi connectivity index (χ3v) is 9.92. The van der Waals surface area contributed by atoms with Crippen molar-refractivity contribution in [1.29, 1.82) is 5.26 Å². The summed E-state index contributed by atoms with van der Waals surface area (Å²) < 4.78 is 5.34. The maximum atomic E-state index is 11.0. The highest BCUT2D eigenvalue weighted by Gasteiger charge is 2.58. The van der Waals surface area contributed by atoms with E-state index >= 15 is 0 Å². The van der Waals surface area contributed by atoms with Crippen LogP contribution in [0.15, 0.2) is 16.9 Å². The molecule has 0 bridgehead atoms. The Morgan fingerprint density at radius 3 is 2.71 bits per heavy atom. The zero-order chi connectivity index (χ0) is 22.2. The van der Waals surface area contributed by atoms with Gasteiger partial charge in [-0.2, -0.15) is 5.26 Å². The van der Waals surface area contributed by atoms with Crippen molar-refractivity contribution in [2.24, 2.45) is 45.9 Å². The highest BCUT2D eigenvalue weighted by molar-refractivity contribution is 5.29. The summed E-state index contributed by atoms with van der Waals surface area (Å²) in [5.74, 6) is 4.54. The van der Waals surface area contributed by atoms with Crippen LogP contribution in [0.1, 0.15) is 71.6 Å². The van der Waals surface area contributed by atoms with E-state index < -0.39 is 5.60 Å². The predicted molar refractivity (Wildman–Crippen MR) is 123 cm³/mol. The molecule has 0 aliphatic heterocycles. The van der Waals surface area contributed by atoms with Gasteiger partial charge in [0.2, 0.25) is 0 Å². The number of aliphatic imine (C=N–C) groups is 1. The van der Waals surface area contributed by atoms with Crippen molar-refractivity contribution in [2.75, 3.05) is 13.7 Å². The molecule has 31 heavy (non-hydrogen) atoms. The molecule has 0 aromatic rings. The van der Waals surface area contributed by atoms with Gasteiger partial charge >= 0.3 is 0 Å². The molecule has 4 saturated carbocycles. The third kappa shape index (κ3) is 4.07. The molecule has 0 aromatic heterocycles. The van der Waals surface area contributed by atoms with Crippen LogP contribution in [-0.4, -0.2) is 37.2 Å². The van der Waals surface area contributed by atoms with Crippen LogP contribution in [0.4, 0.5) is 0 Å². The highest BCUT2D eigenvalue weighted by atomic mass is 16.5. The van der Waals surface area contributed by atoms with E-state index in [9.17, 15) is 10.4 Å². The molecule has 2 N–H and O–H groups in total. The minimum atomic E-state index is -0.599. The van der Waals surface area contributed by atoms with Crippen LogP contribution >= 0.6 is 0 Å². The van der Waals surface area contributed by atoms with Crippen molar-refractivity contribution in [2.45, 2.75) is 83.3 Å². The SMILES string of the molecule is C=N/C=C(/C#N)N[C@H](C)[C@H]1CC[C@H]2[C@@H]3CC[C@@H]4C[C@@](O)(COC)CC[C@@H]4[C@H]3CC[C@]12C. The molecule has 5 nitrogen and oxygen atoms in total.